The molecule has 94 valence electrons. The quantitative estimate of drug-likeness (QED) is 0.868. The van der Waals surface area contributed by atoms with E-state index in [9.17, 15) is 4.79 Å². The van der Waals surface area contributed by atoms with Crippen LogP contribution in [-0.4, -0.2) is 30.7 Å². The Bertz CT molecular complexity index is 416. The van der Waals surface area contributed by atoms with Crippen molar-refractivity contribution < 1.29 is 14.3 Å². The summed E-state index contributed by atoms with van der Waals surface area (Å²) < 4.78 is 10.1. The molecule has 1 N–H and O–H groups in total. The summed E-state index contributed by atoms with van der Waals surface area (Å²) in [6, 6.07) is 3.45. The van der Waals surface area contributed by atoms with Crippen molar-refractivity contribution in [3.05, 3.63) is 17.8 Å². The molecule has 5 nitrogen and oxygen atoms in total. The summed E-state index contributed by atoms with van der Waals surface area (Å²) in [6.07, 6.45) is 0. The Balaban J connectivity index is 2.86. The van der Waals surface area contributed by atoms with E-state index < -0.39 is 5.60 Å². The van der Waals surface area contributed by atoms with E-state index in [0.29, 0.717) is 17.3 Å². The number of aromatic nitrogens is 1. The highest BCUT2D eigenvalue weighted by atomic mass is 16.5. The first kappa shape index (κ1) is 13.4. The van der Waals surface area contributed by atoms with Gasteiger partial charge < -0.3 is 14.8 Å². The van der Waals surface area contributed by atoms with Gasteiger partial charge in [0.1, 0.15) is 5.60 Å². The number of anilines is 1. The van der Waals surface area contributed by atoms with Gasteiger partial charge in [0, 0.05) is 13.2 Å². The number of methoxy groups -OCH3 is 2. The van der Waals surface area contributed by atoms with Gasteiger partial charge in [-0.25, -0.2) is 4.98 Å². The number of ether oxygens (including phenoxy) is 2. The molecule has 0 aliphatic carbocycles. The Morgan fingerprint density at radius 3 is 2.47 bits per heavy atom. The molecular weight excluding hydrogens is 220 g/mol. The van der Waals surface area contributed by atoms with E-state index >= 15 is 0 Å². The molecule has 0 aliphatic rings. The van der Waals surface area contributed by atoms with Crippen LogP contribution < -0.4 is 10.1 Å². The Kier molecular flexibility index (Phi) is 4.07. The third kappa shape index (κ3) is 3.17. The fraction of sp³-hybridized carbons (Fsp3) is 0.500. The minimum Gasteiger partial charge on any atom is -0.481 e. The van der Waals surface area contributed by atoms with Crippen molar-refractivity contribution in [1.29, 1.82) is 0 Å². The largest absolute Gasteiger partial charge is 0.481 e. The lowest BCUT2D eigenvalue weighted by Crippen LogP contribution is -2.39. The van der Waals surface area contributed by atoms with Gasteiger partial charge >= 0.3 is 0 Å². The molecule has 5 heteroatoms. The van der Waals surface area contributed by atoms with E-state index in [-0.39, 0.29) is 5.91 Å². The average Bonchev–Trinajstić information content (AvgIpc) is 2.31. The van der Waals surface area contributed by atoms with Gasteiger partial charge in [-0.15, -0.1) is 0 Å². The molecule has 0 aromatic carbocycles. The minimum absolute atomic E-state index is 0.213. The van der Waals surface area contributed by atoms with Crippen LogP contribution in [0.1, 0.15) is 19.5 Å². The fourth-order valence-corrected chi connectivity index (χ4v) is 1.15. The molecule has 0 unspecified atom stereocenters. The number of pyridine rings is 1. The number of nitrogens with one attached hydrogen (secondary N) is 1. The normalized spacial score (nSPS) is 11.1. The van der Waals surface area contributed by atoms with E-state index in [1.54, 1.807) is 40.0 Å². The minimum atomic E-state index is -0.869. The van der Waals surface area contributed by atoms with Crippen LogP contribution in [0, 0.1) is 6.92 Å². The molecule has 0 saturated heterocycles. The lowest BCUT2D eigenvalue weighted by molar-refractivity contribution is -0.133. The second kappa shape index (κ2) is 5.14. The Morgan fingerprint density at radius 2 is 2.00 bits per heavy atom. The van der Waals surface area contributed by atoms with Crippen LogP contribution >= 0.6 is 0 Å². The molecule has 0 saturated carbocycles. The van der Waals surface area contributed by atoms with Crippen LogP contribution in [0.2, 0.25) is 0 Å². The highest BCUT2D eigenvalue weighted by Crippen LogP contribution is 2.19. The summed E-state index contributed by atoms with van der Waals surface area (Å²) in [5, 5.41) is 2.77. The molecule has 0 aliphatic heterocycles. The summed E-state index contributed by atoms with van der Waals surface area (Å²) in [5.41, 5.74) is 0.484. The number of carbonyl (C=O) groups excluding carboxylic acids is 1. The maximum absolute atomic E-state index is 11.9. The van der Waals surface area contributed by atoms with Gasteiger partial charge in [-0.05, 0) is 26.8 Å². The van der Waals surface area contributed by atoms with Crippen molar-refractivity contribution in [3.63, 3.8) is 0 Å². The number of carbonyl (C=O) groups is 1. The summed E-state index contributed by atoms with van der Waals surface area (Å²) in [7, 11) is 3.05. The highest BCUT2D eigenvalue weighted by molar-refractivity contribution is 5.97. The van der Waals surface area contributed by atoms with Gasteiger partial charge in [0.2, 0.25) is 5.88 Å². The third-order valence-corrected chi connectivity index (χ3v) is 2.57. The monoisotopic (exact) mass is 238 g/mol. The standard InChI is InChI=1S/C12H18N2O3/c1-8-9(6-7-10(13-8)16-4)14-11(15)12(2,3)17-5/h6-7H,1-5H3,(H,14,15). The molecule has 1 aromatic heterocycles. The van der Waals surface area contributed by atoms with Gasteiger partial charge in [0.05, 0.1) is 18.5 Å². The van der Waals surface area contributed by atoms with E-state index in [2.05, 4.69) is 10.3 Å². The SMILES string of the molecule is COc1ccc(NC(=O)C(C)(C)OC)c(C)n1. The number of nitrogens with zero attached hydrogens (tertiary/aromatic N) is 1. The van der Waals surface area contributed by atoms with Crippen LogP contribution in [0.4, 0.5) is 5.69 Å². The number of amides is 1. The molecule has 1 rings (SSSR count). The van der Waals surface area contributed by atoms with Crippen LogP contribution in [-0.2, 0) is 9.53 Å². The van der Waals surface area contributed by atoms with Crippen LogP contribution in [0.5, 0.6) is 5.88 Å². The van der Waals surface area contributed by atoms with Gasteiger partial charge in [-0.1, -0.05) is 0 Å². The third-order valence-electron chi connectivity index (χ3n) is 2.57. The smallest absolute Gasteiger partial charge is 0.256 e. The number of hydrogen-bond donors (Lipinski definition) is 1. The van der Waals surface area contributed by atoms with E-state index in [0.717, 1.165) is 0 Å². The van der Waals surface area contributed by atoms with Crippen molar-refractivity contribution >= 4 is 11.6 Å². The lowest BCUT2D eigenvalue weighted by Gasteiger charge is -2.22. The number of aryl methyl sites for hydroxylation is 1. The topological polar surface area (TPSA) is 60.5 Å². The molecule has 1 amide bonds. The van der Waals surface area contributed by atoms with Gasteiger partial charge in [0.15, 0.2) is 0 Å². The summed E-state index contributed by atoms with van der Waals surface area (Å²) in [4.78, 5) is 16.1. The molecule has 1 aromatic rings. The second-order valence-electron chi connectivity index (χ2n) is 4.16. The Morgan fingerprint density at radius 1 is 1.35 bits per heavy atom. The zero-order valence-corrected chi connectivity index (χ0v) is 10.8. The zero-order chi connectivity index (χ0) is 13.1. The van der Waals surface area contributed by atoms with E-state index in [1.807, 2.05) is 0 Å². The first-order valence-corrected chi connectivity index (χ1v) is 5.29. The molecule has 0 radical (unpaired) electrons. The summed E-state index contributed by atoms with van der Waals surface area (Å²) >= 11 is 0. The van der Waals surface area contributed by atoms with Gasteiger partial charge in [-0.2, -0.15) is 0 Å². The van der Waals surface area contributed by atoms with Gasteiger partial charge in [-0.3, -0.25) is 4.79 Å². The number of rotatable bonds is 4. The van der Waals surface area contributed by atoms with Crippen molar-refractivity contribution in [2.24, 2.45) is 0 Å². The van der Waals surface area contributed by atoms with Gasteiger partial charge in [0.25, 0.3) is 5.91 Å². The lowest BCUT2D eigenvalue weighted by atomic mass is 10.1. The van der Waals surface area contributed by atoms with Crippen molar-refractivity contribution in [1.82, 2.24) is 4.98 Å². The van der Waals surface area contributed by atoms with Crippen LogP contribution in [0.15, 0.2) is 12.1 Å². The summed E-state index contributed by atoms with van der Waals surface area (Å²) in [6.45, 7) is 5.21. The first-order chi connectivity index (χ1) is 7.90. The Labute approximate surface area is 101 Å². The first-order valence-electron chi connectivity index (χ1n) is 5.29. The van der Waals surface area contributed by atoms with E-state index in [4.69, 9.17) is 9.47 Å². The molecule has 0 atom stereocenters. The van der Waals surface area contributed by atoms with Crippen molar-refractivity contribution in [2.75, 3.05) is 19.5 Å². The van der Waals surface area contributed by atoms with Crippen LogP contribution in [0.25, 0.3) is 0 Å². The Hall–Kier alpha value is -1.62. The van der Waals surface area contributed by atoms with Crippen molar-refractivity contribution in [3.8, 4) is 5.88 Å². The number of hydrogen-bond acceptors (Lipinski definition) is 4. The second-order valence-corrected chi connectivity index (χ2v) is 4.16. The predicted molar refractivity (Wildman–Crippen MR) is 65.2 cm³/mol. The van der Waals surface area contributed by atoms with E-state index in [1.165, 1.54) is 7.11 Å². The highest BCUT2D eigenvalue weighted by Gasteiger charge is 2.27. The molecule has 0 spiro atoms. The molecule has 17 heavy (non-hydrogen) atoms. The molecule has 1 heterocycles. The molecule has 0 fully saturated rings. The molecular formula is C12H18N2O3. The molecule has 0 bridgehead atoms. The van der Waals surface area contributed by atoms with Crippen molar-refractivity contribution in [2.45, 2.75) is 26.4 Å². The predicted octanol–water partition coefficient (Wildman–Crippen LogP) is 1.76. The van der Waals surface area contributed by atoms with Crippen LogP contribution in [0.3, 0.4) is 0 Å². The summed E-state index contributed by atoms with van der Waals surface area (Å²) in [5.74, 6) is 0.307. The average molecular weight is 238 g/mol. The zero-order valence-electron chi connectivity index (χ0n) is 10.8. The maximum Gasteiger partial charge on any atom is 0.256 e. The fourth-order valence-electron chi connectivity index (χ4n) is 1.15. The maximum atomic E-state index is 11.9.